The molecule has 0 radical (unpaired) electrons. The number of aliphatic carboxylic acids is 3. The summed E-state index contributed by atoms with van der Waals surface area (Å²) < 4.78 is 15.1. The number of carbonyl (C=O) groups excluding carboxylic acids is 9. The molecule has 0 aromatic heterocycles. The van der Waals surface area contributed by atoms with Gasteiger partial charge in [0, 0.05) is 56.4 Å². The van der Waals surface area contributed by atoms with Gasteiger partial charge in [-0.2, -0.15) is 0 Å². The van der Waals surface area contributed by atoms with E-state index in [1.54, 1.807) is 41.5 Å². The largest absolute Gasteiger partial charge is 3.00 e. The smallest absolute Gasteiger partial charge is 0.550 e. The third kappa shape index (κ3) is 34.9. The number of ether oxygens (including phenoxy) is 3. The number of ketones is 3. The molecule has 0 aromatic rings. The zero-order valence-corrected chi connectivity index (χ0v) is 26.3. The van der Waals surface area contributed by atoms with Gasteiger partial charge in [-0.3, -0.25) is 14.4 Å². The molecule has 43 heavy (non-hydrogen) atoms. The molecule has 3 unspecified atom stereocenters. The summed E-state index contributed by atoms with van der Waals surface area (Å²) in [6.07, 6.45) is -4.30. The van der Waals surface area contributed by atoms with Crippen LogP contribution in [0.25, 0.3) is 0 Å². The maximum Gasteiger partial charge on any atom is 3.00 e. The minimum Gasteiger partial charge on any atom is -0.550 e. The van der Waals surface area contributed by atoms with Crippen molar-refractivity contribution >= 4 is 71.5 Å². The third-order valence-corrected chi connectivity index (χ3v) is 4.11. The van der Waals surface area contributed by atoms with Crippen molar-refractivity contribution in [2.45, 2.75) is 117 Å². The Bertz CT molecular complexity index is 785. The molecule has 0 saturated carbocycles. The fraction of sp³-hybridized carbons (Fsp3) is 0.667. The van der Waals surface area contributed by atoms with Crippen molar-refractivity contribution in [1.29, 1.82) is 0 Å². The van der Waals surface area contributed by atoms with Gasteiger partial charge in [0.25, 0.3) is 0 Å². The van der Waals surface area contributed by atoms with E-state index in [1.807, 2.05) is 0 Å². The zero-order chi connectivity index (χ0) is 33.4. The van der Waals surface area contributed by atoms with Crippen LogP contribution in [0.5, 0.6) is 0 Å². The standard InChI is InChI=1S/3C9H14O5.Al/c3*1-6(2)14-8(5-10)3-7(11)4-9(12)13;/h3*5-6,8H,3-4H2,1-2H3,(H,12,13);/q;;;+3/p-3. The van der Waals surface area contributed by atoms with Gasteiger partial charge in [0.05, 0.1) is 18.3 Å². The minimum absolute atomic E-state index is 0. The molecule has 16 heteroatoms. The molecule has 0 aliphatic carbocycles. The summed E-state index contributed by atoms with van der Waals surface area (Å²) in [5.41, 5.74) is 0. The molecule has 0 aliphatic rings. The number of carboxylic acid groups (broad SMARTS) is 3. The van der Waals surface area contributed by atoms with Gasteiger partial charge in [0.15, 0.2) is 0 Å². The van der Waals surface area contributed by atoms with Crippen LogP contribution in [-0.4, -0.2) is 108 Å². The average Bonchev–Trinajstić information content (AvgIpc) is 2.81. The second-order valence-corrected chi connectivity index (χ2v) is 9.45. The number of aldehydes is 3. The summed E-state index contributed by atoms with van der Waals surface area (Å²) in [6, 6.07) is 0. The second kappa shape index (κ2) is 27.7. The Kier molecular flexibility index (Phi) is 30.1. The molecule has 15 nitrogen and oxygen atoms in total. The Labute approximate surface area is 260 Å². The summed E-state index contributed by atoms with van der Waals surface area (Å²) >= 11 is 0. The van der Waals surface area contributed by atoms with Crippen molar-refractivity contribution in [2.24, 2.45) is 0 Å². The number of rotatable bonds is 21. The van der Waals surface area contributed by atoms with E-state index in [-0.39, 0.29) is 54.9 Å². The topological polar surface area (TPSA) is 250 Å². The second-order valence-electron chi connectivity index (χ2n) is 9.45. The van der Waals surface area contributed by atoms with Crippen molar-refractivity contribution in [1.82, 2.24) is 0 Å². The van der Waals surface area contributed by atoms with Crippen molar-refractivity contribution < 1.29 is 72.7 Å². The van der Waals surface area contributed by atoms with Crippen molar-refractivity contribution in [3.8, 4) is 0 Å². The predicted octanol–water partition coefficient (Wildman–Crippen LogP) is -3.15. The van der Waals surface area contributed by atoms with Crippen LogP contribution in [0.3, 0.4) is 0 Å². The Balaban J connectivity index is -0.000000262. The van der Waals surface area contributed by atoms with Gasteiger partial charge in [-0.25, -0.2) is 0 Å². The van der Waals surface area contributed by atoms with Gasteiger partial charge >= 0.3 is 17.4 Å². The van der Waals surface area contributed by atoms with E-state index >= 15 is 0 Å². The van der Waals surface area contributed by atoms with Crippen LogP contribution in [0.4, 0.5) is 0 Å². The summed E-state index contributed by atoms with van der Waals surface area (Å²) in [7, 11) is 0. The van der Waals surface area contributed by atoms with Crippen molar-refractivity contribution in [3.63, 3.8) is 0 Å². The van der Waals surface area contributed by atoms with Gasteiger partial charge in [0.2, 0.25) is 0 Å². The van der Waals surface area contributed by atoms with E-state index in [0.29, 0.717) is 18.9 Å². The number of carbonyl (C=O) groups is 9. The zero-order valence-electron chi connectivity index (χ0n) is 25.1. The molecule has 0 saturated heterocycles. The Hall–Kier alpha value is -3.16. The van der Waals surface area contributed by atoms with Crippen molar-refractivity contribution in [2.75, 3.05) is 0 Å². The van der Waals surface area contributed by atoms with Crippen molar-refractivity contribution in [3.05, 3.63) is 0 Å². The first-order valence-electron chi connectivity index (χ1n) is 12.8. The van der Waals surface area contributed by atoms with Crippen LogP contribution in [0.2, 0.25) is 0 Å². The number of hydrogen-bond acceptors (Lipinski definition) is 15. The SMILES string of the molecule is CC(C)OC(C=O)CC(=O)CC(=O)[O-].CC(C)OC(C=O)CC(=O)CC(=O)[O-].CC(C)OC(C=O)CC(=O)CC(=O)[O-].[Al+3]. The summed E-state index contributed by atoms with van der Waals surface area (Å²) in [4.78, 5) is 94.2. The van der Waals surface area contributed by atoms with Crippen LogP contribution in [0, 0.1) is 0 Å². The molecule has 0 amide bonds. The first kappa shape index (κ1) is 46.8. The molecule has 0 bridgehead atoms. The summed E-state index contributed by atoms with van der Waals surface area (Å²) in [5.74, 6) is -6.02. The van der Waals surface area contributed by atoms with Gasteiger partial charge in [0.1, 0.15) is 54.5 Å². The van der Waals surface area contributed by atoms with E-state index in [4.69, 9.17) is 14.2 Å². The number of carboxylic acids is 3. The van der Waals surface area contributed by atoms with E-state index < -0.39 is 72.8 Å². The van der Waals surface area contributed by atoms with Crippen LogP contribution >= 0.6 is 0 Å². The summed E-state index contributed by atoms with van der Waals surface area (Å²) in [6.45, 7) is 10.3. The van der Waals surface area contributed by atoms with Crippen LogP contribution in [0.15, 0.2) is 0 Å². The molecule has 0 N–H and O–H groups in total. The number of Topliss-reactive ketones (excluding diaryl/α,β-unsaturated/α-hetero) is 3. The van der Waals surface area contributed by atoms with Crippen LogP contribution in [-0.2, 0) is 57.4 Å². The van der Waals surface area contributed by atoms with Gasteiger partial charge < -0.3 is 58.3 Å². The van der Waals surface area contributed by atoms with Gasteiger partial charge in [-0.15, -0.1) is 0 Å². The van der Waals surface area contributed by atoms with E-state index in [1.165, 1.54) is 0 Å². The first-order valence-corrected chi connectivity index (χ1v) is 12.8. The molecular formula is C27H39AlO15. The molecule has 0 aliphatic heterocycles. The Morgan fingerprint density at radius 3 is 0.791 bits per heavy atom. The quantitative estimate of drug-likeness (QED) is 0.0690. The van der Waals surface area contributed by atoms with Crippen LogP contribution < -0.4 is 15.3 Å². The maximum absolute atomic E-state index is 10.9. The molecule has 0 spiro atoms. The third-order valence-electron chi connectivity index (χ3n) is 4.11. The minimum atomic E-state index is -1.44. The van der Waals surface area contributed by atoms with Gasteiger partial charge in [-0.05, 0) is 41.5 Å². The van der Waals surface area contributed by atoms with Crippen LogP contribution in [0.1, 0.15) is 80.1 Å². The molecular weight excluding hydrogens is 591 g/mol. The number of hydrogen-bond donors (Lipinski definition) is 0. The fourth-order valence-electron chi connectivity index (χ4n) is 2.81. The molecule has 0 heterocycles. The molecule has 0 rings (SSSR count). The predicted molar refractivity (Wildman–Crippen MR) is 142 cm³/mol. The van der Waals surface area contributed by atoms with E-state index in [2.05, 4.69) is 0 Å². The average molecular weight is 631 g/mol. The monoisotopic (exact) mass is 630 g/mol. The van der Waals surface area contributed by atoms with E-state index in [0.717, 1.165) is 0 Å². The van der Waals surface area contributed by atoms with E-state index in [9.17, 15) is 58.5 Å². The molecule has 3 atom stereocenters. The molecule has 240 valence electrons. The Morgan fingerprint density at radius 1 is 0.488 bits per heavy atom. The molecule has 0 fully saturated rings. The molecule has 0 aromatic carbocycles. The van der Waals surface area contributed by atoms with Gasteiger partial charge in [-0.1, -0.05) is 0 Å². The normalized spacial score (nSPS) is 12.2. The first-order chi connectivity index (χ1) is 19.4. The Morgan fingerprint density at radius 2 is 0.674 bits per heavy atom. The fourth-order valence-corrected chi connectivity index (χ4v) is 2.81. The maximum atomic E-state index is 10.9. The summed E-state index contributed by atoms with van der Waals surface area (Å²) in [5, 5.41) is 30.1.